The summed E-state index contributed by atoms with van der Waals surface area (Å²) >= 11 is 0. The van der Waals surface area contributed by atoms with Crippen LogP contribution in [0.4, 0.5) is 5.69 Å². The summed E-state index contributed by atoms with van der Waals surface area (Å²) in [6.45, 7) is -0.633. The van der Waals surface area contributed by atoms with Gasteiger partial charge in [0.1, 0.15) is 0 Å². The van der Waals surface area contributed by atoms with Crippen molar-refractivity contribution in [2.75, 3.05) is 20.2 Å². The van der Waals surface area contributed by atoms with Crippen LogP contribution in [0.25, 0.3) is 6.08 Å². The Bertz CT molecular complexity index is 742. The first kappa shape index (κ1) is 19.1. The smallest absolute Gasteiger partial charge is 0.331 e. The Morgan fingerprint density at radius 1 is 1.35 bits per heavy atom. The number of amides is 2. The van der Waals surface area contributed by atoms with Crippen LogP contribution in [0.15, 0.2) is 30.3 Å². The van der Waals surface area contributed by atoms with Crippen LogP contribution in [0.3, 0.4) is 0 Å². The molecule has 0 aromatic heterocycles. The maximum absolute atomic E-state index is 11.9. The minimum absolute atomic E-state index is 0.112. The first-order chi connectivity index (χ1) is 12.4. The Morgan fingerprint density at radius 2 is 2.04 bits per heavy atom. The number of hydrogen-bond donors (Lipinski definition) is 1. The number of hydrogen-bond acceptors (Lipinski definition) is 6. The average molecular weight is 361 g/mol. The summed E-state index contributed by atoms with van der Waals surface area (Å²) in [5.41, 5.74) is 0.101. The van der Waals surface area contributed by atoms with Gasteiger partial charge in [0.15, 0.2) is 6.61 Å². The van der Waals surface area contributed by atoms with Crippen LogP contribution in [-0.2, 0) is 19.1 Å². The van der Waals surface area contributed by atoms with E-state index < -0.39 is 23.4 Å². The molecule has 0 spiro atoms. The molecule has 9 heteroatoms. The summed E-state index contributed by atoms with van der Waals surface area (Å²) < 4.78 is 4.80. The molecular formula is C17H19N3O6. The summed E-state index contributed by atoms with van der Waals surface area (Å²) in [7, 11) is 1.44. The van der Waals surface area contributed by atoms with E-state index in [2.05, 4.69) is 5.32 Å². The number of nitrogens with one attached hydrogen (secondary N) is 1. The highest BCUT2D eigenvalue weighted by Crippen LogP contribution is 2.19. The third-order valence-electron chi connectivity index (χ3n) is 3.62. The molecule has 0 saturated heterocycles. The Morgan fingerprint density at radius 3 is 2.69 bits per heavy atom. The van der Waals surface area contributed by atoms with Crippen LogP contribution < -0.4 is 5.32 Å². The van der Waals surface area contributed by atoms with E-state index in [1.54, 1.807) is 6.07 Å². The predicted octanol–water partition coefficient (Wildman–Crippen LogP) is 0.888. The molecule has 9 nitrogen and oxygen atoms in total. The molecule has 1 aromatic rings. The van der Waals surface area contributed by atoms with Crippen molar-refractivity contribution in [1.82, 2.24) is 10.2 Å². The molecular weight excluding hydrogens is 342 g/mol. The molecule has 1 saturated carbocycles. The van der Waals surface area contributed by atoms with Crippen LogP contribution in [0.5, 0.6) is 0 Å². The van der Waals surface area contributed by atoms with Crippen LogP contribution in [0, 0.1) is 10.1 Å². The van der Waals surface area contributed by atoms with Gasteiger partial charge in [0.2, 0.25) is 5.91 Å². The maximum Gasteiger partial charge on any atom is 0.331 e. The number of carbonyl (C=O) groups excluding carboxylic acids is 3. The third-order valence-corrected chi connectivity index (χ3v) is 3.62. The lowest BCUT2D eigenvalue weighted by Gasteiger charge is -2.16. The molecule has 1 N–H and O–H groups in total. The number of ether oxygens (including phenoxy) is 1. The van der Waals surface area contributed by atoms with E-state index in [1.807, 2.05) is 0 Å². The summed E-state index contributed by atoms with van der Waals surface area (Å²) in [5.74, 6) is -1.60. The monoisotopic (exact) mass is 361 g/mol. The fourth-order valence-corrected chi connectivity index (χ4v) is 2.05. The molecule has 0 heterocycles. The van der Waals surface area contributed by atoms with E-state index in [4.69, 9.17) is 4.74 Å². The van der Waals surface area contributed by atoms with Gasteiger partial charge in [0, 0.05) is 25.2 Å². The largest absolute Gasteiger partial charge is 0.452 e. The van der Waals surface area contributed by atoms with Gasteiger partial charge in [-0.05, 0) is 25.0 Å². The minimum Gasteiger partial charge on any atom is -0.452 e. The standard InChI is InChI=1S/C17H19N3O6/c1-19(10-15(21)18-13-7-8-13)16(22)11-26-17(23)9-6-12-4-2-3-5-14(12)20(24)25/h2-6,9,13H,7-8,10-11H2,1H3,(H,18,21)/b9-6+. The summed E-state index contributed by atoms with van der Waals surface area (Å²) in [6, 6.07) is 6.12. The molecule has 26 heavy (non-hydrogen) atoms. The van der Waals surface area contributed by atoms with Crippen molar-refractivity contribution >= 4 is 29.5 Å². The van der Waals surface area contributed by atoms with E-state index in [-0.39, 0.29) is 29.7 Å². The fourth-order valence-electron chi connectivity index (χ4n) is 2.05. The van der Waals surface area contributed by atoms with E-state index >= 15 is 0 Å². The van der Waals surface area contributed by atoms with Crippen molar-refractivity contribution in [1.29, 1.82) is 0 Å². The van der Waals surface area contributed by atoms with Gasteiger partial charge in [-0.2, -0.15) is 0 Å². The third kappa shape index (κ3) is 6.00. The molecule has 0 radical (unpaired) electrons. The zero-order valence-corrected chi connectivity index (χ0v) is 14.2. The molecule has 2 rings (SSSR count). The first-order valence-electron chi connectivity index (χ1n) is 7.98. The molecule has 0 unspecified atom stereocenters. The zero-order valence-electron chi connectivity index (χ0n) is 14.2. The maximum atomic E-state index is 11.9. The molecule has 138 valence electrons. The lowest BCUT2D eigenvalue weighted by Crippen LogP contribution is -2.40. The average Bonchev–Trinajstić information content (AvgIpc) is 3.41. The van der Waals surface area contributed by atoms with Gasteiger partial charge in [-0.15, -0.1) is 0 Å². The Labute approximate surface area is 149 Å². The number of rotatable bonds is 8. The van der Waals surface area contributed by atoms with Gasteiger partial charge < -0.3 is 15.0 Å². The number of likely N-dealkylation sites (N-methyl/N-ethyl adjacent to an activating group) is 1. The molecule has 1 aliphatic carbocycles. The number of nitro groups is 1. The van der Waals surface area contributed by atoms with Crippen molar-refractivity contribution in [3.05, 3.63) is 46.0 Å². The highest BCUT2D eigenvalue weighted by molar-refractivity contribution is 5.90. The van der Waals surface area contributed by atoms with Crippen LogP contribution in [-0.4, -0.2) is 53.8 Å². The van der Waals surface area contributed by atoms with Crippen molar-refractivity contribution in [3.8, 4) is 0 Å². The van der Waals surface area contributed by atoms with E-state index in [0.717, 1.165) is 23.8 Å². The minimum atomic E-state index is -0.813. The Balaban J connectivity index is 1.79. The predicted molar refractivity (Wildman–Crippen MR) is 91.9 cm³/mol. The summed E-state index contributed by atoms with van der Waals surface area (Å²) in [6.07, 6.45) is 4.16. The molecule has 1 fully saturated rings. The molecule has 1 aromatic carbocycles. The number of para-hydroxylation sites is 1. The van der Waals surface area contributed by atoms with Crippen molar-refractivity contribution in [2.24, 2.45) is 0 Å². The number of carbonyl (C=O) groups is 3. The number of esters is 1. The topological polar surface area (TPSA) is 119 Å². The van der Waals surface area contributed by atoms with E-state index in [9.17, 15) is 24.5 Å². The second kappa shape index (κ2) is 8.75. The van der Waals surface area contributed by atoms with E-state index in [1.165, 1.54) is 31.3 Å². The summed E-state index contributed by atoms with van der Waals surface area (Å²) in [4.78, 5) is 46.6. The Kier molecular flexibility index (Phi) is 6.42. The van der Waals surface area contributed by atoms with Gasteiger partial charge in [-0.1, -0.05) is 12.1 Å². The van der Waals surface area contributed by atoms with Gasteiger partial charge >= 0.3 is 5.97 Å². The summed E-state index contributed by atoms with van der Waals surface area (Å²) in [5, 5.41) is 13.6. The van der Waals surface area contributed by atoms with Gasteiger partial charge in [0.05, 0.1) is 17.0 Å². The fraction of sp³-hybridized carbons (Fsp3) is 0.353. The number of benzene rings is 1. The van der Waals surface area contributed by atoms with E-state index in [0.29, 0.717) is 0 Å². The van der Waals surface area contributed by atoms with Crippen LogP contribution >= 0.6 is 0 Å². The number of nitro benzene ring substituents is 1. The second-order valence-electron chi connectivity index (χ2n) is 5.85. The SMILES string of the molecule is CN(CC(=O)NC1CC1)C(=O)COC(=O)/C=C/c1ccccc1[N+](=O)[O-]. The highest BCUT2D eigenvalue weighted by atomic mass is 16.6. The van der Waals surface area contributed by atoms with Crippen molar-refractivity contribution in [2.45, 2.75) is 18.9 Å². The van der Waals surface area contributed by atoms with Crippen LogP contribution in [0.1, 0.15) is 18.4 Å². The highest BCUT2D eigenvalue weighted by Gasteiger charge is 2.24. The lowest BCUT2D eigenvalue weighted by molar-refractivity contribution is -0.385. The van der Waals surface area contributed by atoms with Crippen molar-refractivity contribution in [3.63, 3.8) is 0 Å². The van der Waals surface area contributed by atoms with Gasteiger partial charge in [-0.3, -0.25) is 19.7 Å². The molecule has 1 aliphatic rings. The van der Waals surface area contributed by atoms with Gasteiger partial charge in [-0.25, -0.2) is 4.79 Å². The normalized spacial score (nSPS) is 13.3. The second-order valence-corrected chi connectivity index (χ2v) is 5.85. The lowest BCUT2D eigenvalue weighted by atomic mass is 10.1. The van der Waals surface area contributed by atoms with Gasteiger partial charge in [0.25, 0.3) is 11.6 Å². The molecule has 0 bridgehead atoms. The molecule has 0 atom stereocenters. The zero-order chi connectivity index (χ0) is 19.1. The molecule has 0 aliphatic heterocycles. The Hall–Kier alpha value is -3.23. The quantitative estimate of drug-likeness (QED) is 0.318. The first-order valence-corrected chi connectivity index (χ1v) is 7.98. The van der Waals surface area contributed by atoms with Crippen LogP contribution in [0.2, 0.25) is 0 Å². The molecule has 2 amide bonds. The van der Waals surface area contributed by atoms with Crippen molar-refractivity contribution < 1.29 is 24.0 Å². The number of nitrogens with zero attached hydrogens (tertiary/aromatic N) is 2.